The number of fused-ring (bicyclic) bond motifs is 5. The molecule has 0 amide bonds. The Labute approximate surface area is 260 Å². The van der Waals surface area contributed by atoms with Crippen LogP contribution in [0.25, 0.3) is 6.08 Å². The summed E-state index contributed by atoms with van der Waals surface area (Å²) in [5.41, 5.74) is -3.57. The molecule has 0 saturated heterocycles. The van der Waals surface area contributed by atoms with Gasteiger partial charge in [0.25, 0.3) is 0 Å². The summed E-state index contributed by atoms with van der Waals surface area (Å²) in [6.45, 7) is 9.16. The smallest absolute Gasteiger partial charge is 0.331 e. The standard InChI is InChI=1S/C36H50O8/c1-32(2,44-31(41)12-11-22-9-7-6-8-10-22)16-15-30(40)35(5,42)29-14-18-36(43)24-19-26(37)25-20-27(38)28(39)21-33(25,3)23(24)13-17-34(29,36)4/h6-12,19,23,25,27-30,38-40,42-43H,13-18,20-21H2,1-5H3/t23-,25-,27+,28+,29-,30+,33+,34-,35+,36+/m0/s1. The van der Waals surface area contributed by atoms with Crippen LogP contribution in [0.5, 0.6) is 0 Å². The third-order valence-corrected chi connectivity index (χ3v) is 12.1. The highest BCUT2D eigenvalue weighted by molar-refractivity contribution is 5.95. The van der Waals surface area contributed by atoms with E-state index in [4.69, 9.17) is 4.74 Å². The second kappa shape index (κ2) is 11.5. The van der Waals surface area contributed by atoms with Crippen molar-refractivity contribution in [2.45, 2.75) is 121 Å². The Morgan fingerprint density at radius 2 is 1.75 bits per heavy atom. The number of rotatable bonds is 8. The highest BCUT2D eigenvalue weighted by atomic mass is 16.6. The predicted molar refractivity (Wildman–Crippen MR) is 166 cm³/mol. The molecule has 8 heteroatoms. The molecule has 5 rings (SSSR count). The van der Waals surface area contributed by atoms with Crippen LogP contribution in [0.3, 0.4) is 0 Å². The number of carbonyl (C=O) groups is 2. The highest BCUT2D eigenvalue weighted by Gasteiger charge is 2.69. The lowest BCUT2D eigenvalue weighted by Crippen LogP contribution is -2.62. The van der Waals surface area contributed by atoms with Gasteiger partial charge in [-0.15, -0.1) is 0 Å². The van der Waals surface area contributed by atoms with Crippen LogP contribution >= 0.6 is 0 Å². The van der Waals surface area contributed by atoms with Crippen molar-refractivity contribution in [2.75, 3.05) is 0 Å². The van der Waals surface area contributed by atoms with Crippen LogP contribution in [0.15, 0.2) is 48.1 Å². The van der Waals surface area contributed by atoms with E-state index in [1.54, 1.807) is 32.9 Å². The Bertz CT molecular complexity index is 1320. The van der Waals surface area contributed by atoms with Crippen molar-refractivity contribution in [3.8, 4) is 0 Å². The zero-order valence-electron chi connectivity index (χ0n) is 26.7. The van der Waals surface area contributed by atoms with E-state index in [0.717, 1.165) is 5.56 Å². The minimum atomic E-state index is -1.55. The number of ketones is 1. The maximum Gasteiger partial charge on any atom is 0.331 e. The van der Waals surface area contributed by atoms with Gasteiger partial charge in [-0.1, -0.05) is 44.2 Å². The first-order valence-electron chi connectivity index (χ1n) is 16.2. The second-order valence-corrected chi connectivity index (χ2v) is 15.3. The van der Waals surface area contributed by atoms with E-state index < -0.39 is 63.8 Å². The Morgan fingerprint density at radius 1 is 1.07 bits per heavy atom. The van der Waals surface area contributed by atoms with Crippen LogP contribution in [0.1, 0.15) is 91.5 Å². The van der Waals surface area contributed by atoms with E-state index >= 15 is 0 Å². The molecule has 0 radical (unpaired) electrons. The van der Waals surface area contributed by atoms with Crippen molar-refractivity contribution in [1.82, 2.24) is 0 Å². The molecule has 4 aliphatic carbocycles. The largest absolute Gasteiger partial charge is 0.457 e. The fourth-order valence-corrected chi connectivity index (χ4v) is 9.40. The summed E-state index contributed by atoms with van der Waals surface area (Å²) in [5, 5.41) is 56.6. The number of allylic oxidation sites excluding steroid dienone is 1. The van der Waals surface area contributed by atoms with Crippen LogP contribution in [0, 0.1) is 28.6 Å². The van der Waals surface area contributed by atoms with Crippen molar-refractivity contribution in [2.24, 2.45) is 28.6 Å². The number of esters is 1. The summed E-state index contributed by atoms with van der Waals surface area (Å²) < 4.78 is 5.67. The van der Waals surface area contributed by atoms with Crippen molar-refractivity contribution in [3.05, 3.63) is 53.6 Å². The van der Waals surface area contributed by atoms with Crippen molar-refractivity contribution >= 4 is 17.8 Å². The van der Waals surface area contributed by atoms with Gasteiger partial charge < -0.3 is 30.3 Å². The van der Waals surface area contributed by atoms with Gasteiger partial charge in [0.1, 0.15) is 5.60 Å². The third-order valence-electron chi connectivity index (χ3n) is 12.1. The van der Waals surface area contributed by atoms with Crippen LogP contribution in [0.4, 0.5) is 0 Å². The molecular formula is C36H50O8. The first kappa shape index (κ1) is 33.0. The van der Waals surface area contributed by atoms with E-state index in [2.05, 4.69) is 0 Å². The predicted octanol–water partition coefficient (Wildman–Crippen LogP) is 4.12. The SMILES string of the molecule is CC(C)(CC[C@@H](O)[C@](C)(O)[C@H]1CC[C@@]2(O)C3=CC(=O)[C@@H]4C[C@@H](O)[C@H](O)C[C@]4(C)[C@H]3CC[C@@]12C)OC(=O)C=Cc1ccccc1. The second-order valence-electron chi connectivity index (χ2n) is 15.3. The Morgan fingerprint density at radius 3 is 2.43 bits per heavy atom. The maximum absolute atomic E-state index is 13.4. The molecule has 4 aliphatic rings. The first-order valence-corrected chi connectivity index (χ1v) is 16.2. The third kappa shape index (κ3) is 5.51. The Hall–Kier alpha value is -2.36. The molecule has 0 spiro atoms. The molecule has 1 aromatic rings. The van der Waals surface area contributed by atoms with E-state index in [-0.39, 0.29) is 24.5 Å². The highest BCUT2D eigenvalue weighted by Crippen LogP contribution is 2.68. The topological polar surface area (TPSA) is 145 Å². The van der Waals surface area contributed by atoms with Gasteiger partial charge in [0, 0.05) is 17.4 Å². The van der Waals surface area contributed by atoms with Gasteiger partial charge >= 0.3 is 5.97 Å². The Balaban J connectivity index is 1.29. The molecule has 3 fully saturated rings. The van der Waals surface area contributed by atoms with Gasteiger partial charge in [-0.3, -0.25) is 4.79 Å². The van der Waals surface area contributed by atoms with Gasteiger partial charge in [0.2, 0.25) is 0 Å². The number of aliphatic hydroxyl groups excluding tert-OH is 3. The summed E-state index contributed by atoms with van der Waals surface area (Å²) in [7, 11) is 0. The van der Waals surface area contributed by atoms with Crippen LogP contribution in [-0.4, -0.2) is 72.4 Å². The summed E-state index contributed by atoms with van der Waals surface area (Å²) in [4.78, 5) is 25.9. The molecule has 0 heterocycles. The van der Waals surface area contributed by atoms with Crippen molar-refractivity contribution in [1.29, 1.82) is 0 Å². The van der Waals surface area contributed by atoms with Gasteiger partial charge in [-0.05, 0) is 113 Å². The van der Waals surface area contributed by atoms with E-state index in [1.807, 2.05) is 44.2 Å². The van der Waals surface area contributed by atoms with E-state index in [0.29, 0.717) is 44.1 Å². The molecule has 0 aromatic heterocycles. The average molecular weight is 611 g/mol. The summed E-state index contributed by atoms with van der Waals surface area (Å²) >= 11 is 0. The normalized spacial score (nSPS) is 39.1. The summed E-state index contributed by atoms with van der Waals surface area (Å²) in [5.74, 6) is -1.58. The molecule has 10 atom stereocenters. The Kier molecular flexibility index (Phi) is 8.60. The van der Waals surface area contributed by atoms with Crippen LogP contribution in [-0.2, 0) is 14.3 Å². The minimum Gasteiger partial charge on any atom is -0.457 e. The van der Waals surface area contributed by atoms with Gasteiger partial charge in [-0.25, -0.2) is 4.79 Å². The number of aliphatic hydroxyl groups is 5. The number of carbonyl (C=O) groups excluding carboxylic acids is 2. The number of ether oxygens (including phenoxy) is 1. The fraction of sp³-hybridized carbons (Fsp3) is 0.667. The molecule has 1 aromatic carbocycles. The maximum atomic E-state index is 13.4. The molecule has 3 saturated carbocycles. The monoisotopic (exact) mass is 610 g/mol. The zero-order valence-corrected chi connectivity index (χ0v) is 26.7. The van der Waals surface area contributed by atoms with Crippen molar-refractivity contribution in [3.63, 3.8) is 0 Å². The van der Waals surface area contributed by atoms with Crippen LogP contribution < -0.4 is 0 Å². The number of benzene rings is 1. The van der Waals surface area contributed by atoms with E-state index in [1.165, 1.54) is 6.08 Å². The van der Waals surface area contributed by atoms with Crippen molar-refractivity contribution < 1.29 is 39.9 Å². The quantitative estimate of drug-likeness (QED) is 0.218. The lowest BCUT2D eigenvalue weighted by Gasteiger charge is -2.60. The summed E-state index contributed by atoms with van der Waals surface area (Å²) in [6, 6.07) is 9.43. The molecule has 0 bridgehead atoms. The molecule has 242 valence electrons. The molecule has 5 N–H and O–H groups in total. The fourth-order valence-electron chi connectivity index (χ4n) is 9.40. The molecule has 8 nitrogen and oxygen atoms in total. The first-order chi connectivity index (χ1) is 20.4. The number of hydrogen-bond acceptors (Lipinski definition) is 8. The van der Waals surface area contributed by atoms with E-state index in [9.17, 15) is 35.1 Å². The van der Waals surface area contributed by atoms with Gasteiger partial charge in [0.05, 0.1) is 29.5 Å². The molecule has 0 aliphatic heterocycles. The molecule has 0 unspecified atom stereocenters. The lowest BCUT2D eigenvalue weighted by atomic mass is 9.45. The average Bonchev–Trinajstić information content (AvgIpc) is 3.24. The zero-order chi connectivity index (χ0) is 32.3. The lowest BCUT2D eigenvalue weighted by molar-refractivity contribution is -0.178. The van der Waals surface area contributed by atoms with Gasteiger partial charge in [0.15, 0.2) is 5.78 Å². The van der Waals surface area contributed by atoms with Gasteiger partial charge in [-0.2, -0.15) is 0 Å². The molecular weight excluding hydrogens is 560 g/mol. The molecule has 44 heavy (non-hydrogen) atoms. The number of hydrogen-bond donors (Lipinski definition) is 5. The summed E-state index contributed by atoms with van der Waals surface area (Å²) in [6.07, 6.45) is 4.77. The minimum absolute atomic E-state index is 0.118. The van der Waals surface area contributed by atoms with Crippen LogP contribution in [0.2, 0.25) is 0 Å².